The first-order valence-electron chi connectivity index (χ1n) is 5.70. The lowest BCUT2D eigenvalue weighted by atomic mass is 10.0. The Labute approximate surface area is 105 Å². The average Bonchev–Trinajstić information content (AvgIpc) is 2.31. The molecule has 84 valence electrons. The largest absolute Gasteiger partial charge is 0.284 e. The van der Waals surface area contributed by atoms with Crippen molar-refractivity contribution in [3.05, 3.63) is 34.3 Å². The van der Waals surface area contributed by atoms with Crippen LogP contribution in [0.3, 0.4) is 0 Å². The van der Waals surface area contributed by atoms with Crippen LogP contribution in [-0.4, -0.2) is 18.0 Å². The van der Waals surface area contributed by atoms with Crippen LogP contribution in [0.2, 0.25) is 0 Å². The summed E-state index contributed by atoms with van der Waals surface area (Å²) >= 11 is 3.46. The first-order chi connectivity index (χ1) is 7.81. The van der Waals surface area contributed by atoms with Crippen molar-refractivity contribution < 1.29 is 0 Å². The summed E-state index contributed by atoms with van der Waals surface area (Å²) < 4.78 is 1.04. The molecule has 16 heavy (non-hydrogen) atoms. The van der Waals surface area contributed by atoms with E-state index in [2.05, 4.69) is 26.9 Å². The van der Waals surface area contributed by atoms with Crippen molar-refractivity contribution in [2.75, 3.05) is 13.1 Å². The van der Waals surface area contributed by atoms with E-state index in [0.717, 1.165) is 23.1 Å². The molecule has 0 spiro atoms. The number of benzene rings is 1. The van der Waals surface area contributed by atoms with Gasteiger partial charge >= 0.3 is 0 Å². The van der Waals surface area contributed by atoms with E-state index in [1.54, 1.807) is 0 Å². The standard InChI is InChI=1S/C13H15BrN2/c14-12-6-4-5-11(9-12)13(10-15)16-7-2-1-3-8-16/h4-6,9,13H,1-3,7-8H2/t13-/m0/s1. The van der Waals surface area contributed by atoms with Gasteiger partial charge in [0.2, 0.25) is 0 Å². The summed E-state index contributed by atoms with van der Waals surface area (Å²) in [5.74, 6) is 0. The molecule has 3 heteroatoms. The number of nitrogens with zero attached hydrogens (tertiary/aromatic N) is 2. The predicted molar refractivity (Wildman–Crippen MR) is 67.9 cm³/mol. The van der Waals surface area contributed by atoms with Gasteiger partial charge in [-0.3, -0.25) is 4.90 Å². The molecule has 1 saturated heterocycles. The monoisotopic (exact) mass is 278 g/mol. The van der Waals surface area contributed by atoms with Crippen molar-refractivity contribution in [1.82, 2.24) is 4.90 Å². The average molecular weight is 279 g/mol. The van der Waals surface area contributed by atoms with E-state index in [0.29, 0.717) is 0 Å². The molecule has 1 heterocycles. The van der Waals surface area contributed by atoms with Crippen molar-refractivity contribution in [2.45, 2.75) is 25.3 Å². The highest BCUT2D eigenvalue weighted by atomic mass is 79.9. The summed E-state index contributed by atoms with van der Waals surface area (Å²) in [6, 6.07) is 10.4. The normalized spacial score (nSPS) is 19.0. The number of rotatable bonds is 2. The van der Waals surface area contributed by atoms with Crippen molar-refractivity contribution in [2.24, 2.45) is 0 Å². The Balaban J connectivity index is 2.18. The molecule has 0 aromatic heterocycles. The topological polar surface area (TPSA) is 27.0 Å². The summed E-state index contributed by atoms with van der Waals surface area (Å²) in [4.78, 5) is 2.28. The Morgan fingerprint density at radius 2 is 2.00 bits per heavy atom. The first-order valence-corrected chi connectivity index (χ1v) is 6.49. The fraction of sp³-hybridized carbons (Fsp3) is 0.462. The number of halogens is 1. The van der Waals surface area contributed by atoms with Crippen LogP contribution in [0, 0.1) is 11.3 Å². The summed E-state index contributed by atoms with van der Waals surface area (Å²) in [6.45, 7) is 2.09. The van der Waals surface area contributed by atoms with Crippen molar-refractivity contribution >= 4 is 15.9 Å². The lowest BCUT2D eigenvalue weighted by molar-refractivity contribution is 0.196. The van der Waals surface area contributed by atoms with Gasteiger partial charge in [-0.25, -0.2) is 0 Å². The summed E-state index contributed by atoms with van der Waals surface area (Å²) in [5.41, 5.74) is 1.10. The van der Waals surface area contributed by atoms with Gasteiger partial charge < -0.3 is 0 Å². The second-order valence-corrected chi connectivity index (χ2v) is 5.10. The van der Waals surface area contributed by atoms with Gasteiger partial charge in [0, 0.05) is 4.47 Å². The van der Waals surface area contributed by atoms with E-state index in [1.807, 2.05) is 24.3 Å². The second-order valence-electron chi connectivity index (χ2n) is 4.18. The molecule has 0 bridgehead atoms. The number of piperidine rings is 1. The second kappa shape index (κ2) is 5.47. The lowest BCUT2D eigenvalue weighted by Crippen LogP contribution is -2.33. The molecule has 0 saturated carbocycles. The molecule has 1 aliphatic heterocycles. The Morgan fingerprint density at radius 3 is 2.62 bits per heavy atom. The van der Waals surface area contributed by atoms with Gasteiger partial charge in [0.15, 0.2) is 0 Å². The van der Waals surface area contributed by atoms with Crippen LogP contribution in [0.1, 0.15) is 30.9 Å². The zero-order valence-corrected chi connectivity index (χ0v) is 10.8. The number of hydrogen-bond donors (Lipinski definition) is 0. The number of nitriles is 1. The molecule has 1 aromatic carbocycles. The van der Waals surface area contributed by atoms with Crippen LogP contribution in [-0.2, 0) is 0 Å². The lowest BCUT2D eigenvalue weighted by Gasteiger charge is -2.30. The van der Waals surface area contributed by atoms with Crippen molar-refractivity contribution in [3.8, 4) is 6.07 Å². The third-order valence-electron chi connectivity index (χ3n) is 3.04. The molecule has 2 nitrogen and oxygen atoms in total. The molecule has 1 atom stereocenters. The zero-order valence-electron chi connectivity index (χ0n) is 9.19. The van der Waals surface area contributed by atoms with Gasteiger partial charge in [-0.1, -0.05) is 34.5 Å². The first kappa shape index (κ1) is 11.6. The third kappa shape index (κ3) is 2.63. The summed E-state index contributed by atoms with van der Waals surface area (Å²) in [5, 5.41) is 9.32. The Morgan fingerprint density at radius 1 is 1.25 bits per heavy atom. The van der Waals surface area contributed by atoms with Crippen molar-refractivity contribution in [1.29, 1.82) is 5.26 Å². The van der Waals surface area contributed by atoms with Crippen LogP contribution < -0.4 is 0 Å². The van der Waals surface area contributed by atoms with E-state index < -0.39 is 0 Å². The summed E-state index contributed by atoms with van der Waals surface area (Å²) in [7, 11) is 0. The van der Waals surface area contributed by atoms with E-state index in [9.17, 15) is 5.26 Å². The van der Waals surface area contributed by atoms with E-state index >= 15 is 0 Å². The molecule has 2 rings (SSSR count). The molecule has 0 unspecified atom stereocenters. The van der Waals surface area contributed by atoms with Crippen LogP contribution in [0.4, 0.5) is 0 Å². The van der Waals surface area contributed by atoms with Gasteiger partial charge in [-0.2, -0.15) is 5.26 Å². The van der Waals surface area contributed by atoms with E-state index in [4.69, 9.17) is 0 Å². The minimum Gasteiger partial charge on any atom is -0.284 e. The van der Waals surface area contributed by atoms with E-state index in [1.165, 1.54) is 19.3 Å². The van der Waals surface area contributed by atoms with Gasteiger partial charge in [-0.05, 0) is 43.6 Å². The molecule has 1 fully saturated rings. The summed E-state index contributed by atoms with van der Waals surface area (Å²) in [6.07, 6.45) is 3.73. The Bertz CT molecular complexity index is 391. The Kier molecular flexibility index (Phi) is 3.98. The minimum absolute atomic E-state index is 0.0854. The van der Waals surface area contributed by atoms with Gasteiger partial charge in [0.1, 0.15) is 6.04 Å². The van der Waals surface area contributed by atoms with Gasteiger partial charge in [0.25, 0.3) is 0 Å². The van der Waals surface area contributed by atoms with Crippen LogP contribution in [0.25, 0.3) is 0 Å². The Hall–Kier alpha value is -0.850. The van der Waals surface area contributed by atoms with Crippen LogP contribution in [0.15, 0.2) is 28.7 Å². The highest BCUT2D eigenvalue weighted by molar-refractivity contribution is 9.10. The third-order valence-corrected chi connectivity index (χ3v) is 3.54. The van der Waals surface area contributed by atoms with Crippen LogP contribution in [0.5, 0.6) is 0 Å². The molecule has 0 amide bonds. The molecule has 0 N–H and O–H groups in total. The van der Waals surface area contributed by atoms with Gasteiger partial charge in [-0.15, -0.1) is 0 Å². The van der Waals surface area contributed by atoms with Gasteiger partial charge in [0.05, 0.1) is 6.07 Å². The predicted octanol–water partition coefficient (Wildman–Crippen LogP) is 3.50. The quantitative estimate of drug-likeness (QED) is 0.828. The molecular formula is C13H15BrN2. The van der Waals surface area contributed by atoms with Crippen molar-refractivity contribution in [3.63, 3.8) is 0 Å². The number of hydrogen-bond acceptors (Lipinski definition) is 2. The van der Waals surface area contributed by atoms with E-state index in [-0.39, 0.29) is 6.04 Å². The molecular weight excluding hydrogens is 264 g/mol. The fourth-order valence-electron chi connectivity index (χ4n) is 2.22. The maximum absolute atomic E-state index is 9.32. The molecule has 1 aromatic rings. The minimum atomic E-state index is -0.0854. The fourth-order valence-corrected chi connectivity index (χ4v) is 2.64. The maximum Gasteiger partial charge on any atom is 0.123 e. The molecule has 0 radical (unpaired) electrons. The SMILES string of the molecule is N#C[C@@H](c1cccc(Br)c1)N1CCCCC1. The number of likely N-dealkylation sites (tertiary alicyclic amines) is 1. The highest BCUT2D eigenvalue weighted by Crippen LogP contribution is 2.25. The zero-order chi connectivity index (χ0) is 11.4. The maximum atomic E-state index is 9.32. The molecule has 0 aliphatic carbocycles. The highest BCUT2D eigenvalue weighted by Gasteiger charge is 2.21. The molecule has 1 aliphatic rings. The smallest absolute Gasteiger partial charge is 0.123 e. The van der Waals surface area contributed by atoms with Crippen LogP contribution >= 0.6 is 15.9 Å².